The van der Waals surface area contributed by atoms with Crippen LogP contribution >= 0.6 is 11.6 Å². The first-order valence-electron chi connectivity index (χ1n) is 7.35. The van der Waals surface area contributed by atoms with Crippen LogP contribution in [0.2, 0.25) is 5.15 Å². The normalized spacial score (nSPS) is 26.3. The Labute approximate surface area is 120 Å². The van der Waals surface area contributed by atoms with Crippen LogP contribution in [-0.2, 0) is 0 Å². The Morgan fingerprint density at radius 2 is 1.79 bits per heavy atom. The molecule has 4 heteroatoms. The minimum Gasteiger partial charge on any atom is -0.356 e. The predicted octanol–water partition coefficient (Wildman–Crippen LogP) is 3.80. The molecule has 2 heterocycles. The molecule has 1 saturated heterocycles. The number of halogens is 1. The second-order valence-electron chi connectivity index (χ2n) is 6.33. The van der Waals surface area contributed by atoms with Gasteiger partial charge in [0, 0.05) is 24.6 Å². The molecule has 3 rings (SSSR count). The summed E-state index contributed by atoms with van der Waals surface area (Å²) in [6, 6.07) is 0. The molecule has 0 bridgehead atoms. The summed E-state index contributed by atoms with van der Waals surface area (Å²) in [6.45, 7) is 8.57. The van der Waals surface area contributed by atoms with Crippen molar-refractivity contribution in [3.63, 3.8) is 0 Å². The summed E-state index contributed by atoms with van der Waals surface area (Å²) in [7, 11) is 0. The molecule has 0 N–H and O–H groups in total. The molecule has 0 aromatic carbocycles. The Hall–Kier alpha value is -0.830. The first-order valence-corrected chi connectivity index (χ1v) is 7.73. The maximum Gasteiger partial charge on any atom is 0.137 e. The van der Waals surface area contributed by atoms with Crippen LogP contribution in [-0.4, -0.2) is 23.1 Å². The zero-order chi connectivity index (χ0) is 13.6. The van der Waals surface area contributed by atoms with E-state index in [9.17, 15) is 0 Å². The van der Waals surface area contributed by atoms with Crippen LogP contribution in [0.15, 0.2) is 0 Å². The summed E-state index contributed by atoms with van der Waals surface area (Å²) in [5.74, 6) is 3.99. The second kappa shape index (κ2) is 4.93. The highest BCUT2D eigenvalue weighted by atomic mass is 35.5. The molecule has 104 valence electrons. The van der Waals surface area contributed by atoms with E-state index in [2.05, 4.69) is 23.7 Å². The molecular weight excluding hydrogens is 258 g/mol. The fraction of sp³-hybridized carbons (Fsp3) is 0.733. The van der Waals surface area contributed by atoms with E-state index in [0.717, 1.165) is 42.1 Å². The lowest BCUT2D eigenvalue weighted by atomic mass is 10.0. The second-order valence-corrected chi connectivity index (χ2v) is 6.69. The molecule has 1 aromatic rings. The van der Waals surface area contributed by atoms with Crippen molar-refractivity contribution in [2.75, 3.05) is 18.0 Å². The summed E-state index contributed by atoms with van der Waals surface area (Å²) in [5, 5.41) is 0.616. The molecule has 0 spiro atoms. The van der Waals surface area contributed by atoms with E-state index in [4.69, 9.17) is 16.6 Å². The summed E-state index contributed by atoms with van der Waals surface area (Å²) in [5.41, 5.74) is 1.03. The van der Waals surface area contributed by atoms with Crippen LogP contribution in [0.4, 0.5) is 5.82 Å². The smallest absolute Gasteiger partial charge is 0.137 e. The molecule has 2 aliphatic rings. The minimum absolute atomic E-state index is 0.318. The van der Waals surface area contributed by atoms with Crippen LogP contribution in [0.25, 0.3) is 0 Å². The minimum atomic E-state index is 0.318. The van der Waals surface area contributed by atoms with Gasteiger partial charge >= 0.3 is 0 Å². The number of rotatable bonds is 2. The first kappa shape index (κ1) is 13.2. The van der Waals surface area contributed by atoms with E-state index in [1.54, 1.807) is 0 Å². The molecule has 2 fully saturated rings. The van der Waals surface area contributed by atoms with Gasteiger partial charge in [-0.05, 0) is 31.6 Å². The molecule has 0 amide bonds. The van der Waals surface area contributed by atoms with Crippen LogP contribution in [0, 0.1) is 18.8 Å². The van der Waals surface area contributed by atoms with E-state index < -0.39 is 0 Å². The van der Waals surface area contributed by atoms with Gasteiger partial charge in [0.15, 0.2) is 0 Å². The van der Waals surface area contributed by atoms with Gasteiger partial charge in [-0.2, -0.15) is 0 Å². The topological polar surface area (TPSA) is 29.0 Å². The monoisotopic (exact) mass is 279 g/mol. The molecule has 19 heavy (non-hydrogen) atoms. The number of hydrogen-bond acceptors (Lipinski definition) is 3. The Morgan fingerprint density at radius 1 is 1.16 bits per heavy atom. The summed E-state index contributed by atoms with van der Waals surface area (Å²) in [4.78, 5) is 11.6. The van der Waals surface area contributed by atoms with E-state index in [1.807, 2.05) is 6.92 Å². The quantitative estimate of drug-likeness (QED) is 0.771. The van der Waals surface area contributed by atoms with E-state index in [0.29, 0.717) is 11.1 Å². The van der Waals surface area contributed by atoms with Gasteiger partial charge < -0.3 is 4.90 Å². The highest BCUT2D eigenvalue weighted by Gasteiger charge is 2.37. The summed E-state index contributed by atoms with van der Waals surface area (Å²) in [6.07, 6.45) is 4.18. The van der Waals surface area contributed by atoms with Gasteiger partial charge in [0.05, 0.1) is 0 Å². The number of fused-ring (bicyclic) bond motifs is 1. The largest absolute Gasteiger partial charge is 0.356 e. The van der Waals surface area contributed by atoms with Gasteiger partial charge in [-0.3, -0.25) is 0 Å². The number of anilines is 1. The van der Waals surface area contributed by atoms with Crippen molar-refractivity contribution < 1.29 is 0 Å². The fourth-order valence-corrected chi connectivity index (χ4v) is 3.64. The number of aromatic nitrogens is 2. The van der Waals surface area contributed by atoms with Crippen molar-refractivity contribution in [1.82, 2.24) is 9.97 Å². The van der Waals surface area contributed by atoms with Crippen LogP contribution < -0.4 is 4.90 Å². The number of hydrogen-bond donors (Lipinski definition) is 0. The Morgan fingerprint density at radius 3 is 2.37 bits per heavy atom. The lowest BCUT2D eigenvalue weighted by Crippen LogP contribution is -2.24. The van der Waals surface area contributed by atoms with Crippen LogP contribution in [0.3, 0.4) is 0 Å². The highest BCUT2D eigenvalue weighted by molar-refractivity contribution is 6.30. The molecule has 1 aliphatic carbocycles. The first-order chi connectivity index (χ1) is 9.06. The molecule has 1 aromatic heterocycles. The highest BCUT2D eigenvalue weighted by Crippen LogP contribution is 2.40. The molecule has 2 atom stereocenters. The van der Waals surface area contributed by atoms with Crippen LogP contribution in [0.5, 0.6) is 0 Å². The van der Waals surface area contributed by atoms with Crippen molar-refractivity contribution >= 4 is 17.4 Å². The Bertz CT molecular complexity index is 475. The van der Waals surface area contributed by atoms with Gasteiger partial charge in [-0.1, -0.05) is 31.9 Å². The predicted molar refractivity (Wildman–Crippen MR) is 78.9 cm³/mol. The van der Waals surface area contributed by atoms with E-state index >= 15 is 0 Å². The lowest BCUT2D eigenvalue weighted by molar-refractivity contribution is 0.494. The van der Waals surface area contributed by atoms with Crippen molar-refractivity contribution in [3.8, 4) is 0 Å². The van der Waals surface area contributed by atoms with Gasteiger partial charge in [0.25, 0.3) is 0 Å². The zero-order valence-corrected chi connectivity index (χ0v) is 12.7. The molecule has 1 saturated carbocycles. The maximum atomic E-state index is 6.28. The third-order valence-corrected chi connectivity index (χ3v) is 4.99. The maximum absolute atomic E-state index is 6.28. The van der Waals surface area contributed by atoms with E-state index in [-0.39, 0.29) is 0 Å². The van der Waals surface area contributed by atoms with Gasteiger partial charge in [-0.25, -0.2) is 9.97 Å². The van der Waals surface area contributed by atoms with Gasteiger partial charge in [0.1, 0.15) is 16.8 Å². The number of nitrogens with zero attached hydrogens (tertiary/aromatic N) is 3. The van der Waals surface area contributed by atoms with Crippen LogP contribution in [0.1, 0.15) is 50.4 Å². The third-order valence-electron chi connectivity index (χ3n) is 4.62. The SMILES string of the molecule is Cc1c(Cl)nc(C(C)C)nc1N1CC2CCCC2C1. The molecule has 1 aliphatic heterocycles. The van der Waals surface area contributed by atoms with Crippen molar-refractivity contribution in [1.29, 1.82) is 0 Å². The Kier molecular flexibility index (Phi) is 3.42. The molecule has 3 nitrogen and oxygen atoms in total. The van der Waals surface area contributed by atoms with Crippen molar-refractivity contribution in [2.24, 2.45) is 11.8 Å². The van der Waals surface area contributed by atoms with Gasteiger partial charge in [0.2, 0.25) is 0 Å². The summed E-state index contributed by atoms with van der Waals surface area (Å²) < 4.78 is 0. The molecule has 2 unspecified atom stereocenters. The van der Waals surface area contributed by atoms with Gasteiger partial charge in [-0.15, -0.1) is 0 Å². The fourth-order valence-electron chi connectivity index (χ4n) is 3.47. The molecular formula is C15H22ClN3. The van der Waals surface area contributed by atoms with E-state index in [1.165, 1.54) is 19.3 Å². The zero-order valence-electron chi connectivity index (χ0n) is 12.0. The summed E-state index contributed by atoms with van der Waals surface area (Å²) >= 11 is 6.28. The average molecular weight is 280 g/mol. The molecule has 0 radical (unpaired) electrons. The van der Waals surface area contributed by atoms with Crippen molar-refractivity contribution in [3.05, 3.63) is 16.5 Å². The Balaban J connectivity index is 1.92. The standard InChI is InChI=1S/C15H22ClN3/c1-9(2)14-17-13(16)10(3)15(18-14)19-7-11-5-4-6-12(11)8-19/h9,11-12H,4-8H2,1-3H3. The average Bonchev–Trinajstić information content (AvgIpc) is 2.92. The van der Waals surface area contributed by atoms with Crippen molar-refractivity contribution in [2.45, 2.75) is 46.0 Å². The lowest BCUT2D eigenvalue weighted by Gasteiger charge is -2.22. The third kappa shape index (κ3) is 2.33.